The molecule has 0 aromatic heterocycles. The van der Waals surface area contributed by atoms with Gasteiger partial charge in [-0.25, -0.2) is 0 Å². The summed E-state index contributed by atoms with van der Waals surface area (Å²) in [6.07, 6.45) is 1.30. The highest BCUT2D eigenvalue weighted by Crippen LogP contribution is 2.27. The minimum Gasteiger partial charge on any atom is -0.384 e. The van der Waals surface area contributed by atoms with Gasteiger partial charge in [-0.2, -0.15) is 0 Å². The van der Waals surface area contributed by atoms with Gasteiger partial charge in [0.25, 0.3) is 0 Å². The van der Waals surface area contributed by atoms with Gasteiger partial charge in [-0.3, -0.25) is 0 Å². The van der Waals surface area contributed by atoms with E-state index in [2.05, 4.69) is 26.1 Å². The fourth-order valence-corrected chi connectivity index (χ4v) is 2.36. The summed E-state index contributed by atoms with van der Waals surface area (Å²) in [6.45, 7) is 7.71. The summed E-state index contributed by atoms with van der Waals surface area (Å²) in [6, 6.07) is 1.34. The van der Waals surface area contributed by atoms with Gasteiger partial charge in [-0.05, 0) is 32.1 Å². The fourth-order valence-electron chi connectivity index (χ4n) is 2.36. The Morgan fingerprint density at radius 3 is 2.58 bits per heavy atom. The third-order valence-electron chi connectivity index (χ3n) is 2.98. The molecule has 1 heterocycles. The van der Waals surface area contributed by atoms with Crippen LogP contribution in [0.5, 0.6) is 0 Å². The molecular weight excluding hydrogens is 150 g/mol. The van der Waals surface area contributed by atoms with Crippen LogP contribution in [-0.2, 0) is 4.74 Å². The van der Waals surface area contributed by atoms with Crippen LogP contribution in [-0.4, -0.2) is 25.8 Å². The molecule has 0 saturated carbocycles. The predicted octanol–water partition coefficient (Wildman–Crippen LogP) is 1.66. The molecule has 0 aliphatic carbocycles. The maximum Gasteiger partial charge on any atom is 0.0491 e. The molecule has 1 aliphatic rings. The van der Waals surface area contributed by atoms with Crippen molar-refractivity contribution in [1.82, 2.24) is 5.32 Å². The zero-order chi connectivity index (χ0) is 9.14. The largest absolute Gasteiger partial charge is 0.384 e. The highest BCUT2D eigenvalue weighted by atomic mass is 16.5. The van der Waals surface area contributed by atoms with Crippen LogP contribution in [0.4, 0.5) is 0 Å². The number of rotatable bonds is 3. The average molecular weight is 171 g/mol. The van der Waals surface area contributed by atoms with Crippen LogP contribution >= 0.6 is 0 Å². The lowest BCUT2D eigenvalue weighted by Gasteiger charge is -2.21. The first kappa shape index (κ1) is 10.0. The summed E-state index contributed by atoms with van der Waals surface area (Å²) < 4.78 is 5.17. The number of hydrogen-bond donors (Lipinski definition) is 1. The van der Waals surface area contributed by atoms with Gasteiger partial charge in [-0.15, -0.1) is 0 Å². The van der Waals surface area contributed by atoms with Gasteiger partial charge in [0, 0.05) is 25.8 Å². The van der Waals surface area contributed by atoms with Gasteiger partial charge in [0.2, 0.25) is 0 Å². The summed E-state index contributed by atoms with van der Waals surface area (Å²) in [5.41, 5.74) is 0. The summed E-state index contributed by atoms with van der Waals surface area (Å²) in [5.74, 6) is 1.47. The molecule has 2 heteroatoms. The molecule has 0 aromatic rings. The van der Waals surface area contributed by atoms with E-state index in [9.17, 15) is 0 Å². The predicted molar refractivity (Wildman–Crippen MR) is 51.2 cm³/mol. The van der Waals surface area contributed by atoms with E-state index < -0.39 is 0 Å². The fraction of sp³-hybridized carbons (Fsp3) is 1.00. The SMILES string of the molecule is COCC(C)C1CC(C)NC1C. The first-order chi connectivity index (χ1) is 5.65. The number of ether oxygens (including phenoxy) is 1. The van der Waals surface area contributed by atoms with E-state index >= 15 is 0 Å². The molecule has 12 heavy (non-hydrogen) atoms. The van der Waals surface area contributed by atoms with Crippen LogP contribution < -0.4 is 5.32 Å². The topological polar surface area (TPSA) is 21.3 Å². The minimum absolute atomic E-state index is 0.658. The Labute approximate surface area is 75.7 Å². The Morgan fingerprint density at radius 1 is 1.50 bits per heavy atom. The van der Waals surface area contributed by atoms with Crippen molar-refractivity contribution in [3.05, 3.63) is 0 Å². The van der Waals surface area contributed by atoms with Gasteiger partial charge < -0.3 is 10.1 Å². The van der Waals surface area contributed by atoms with E-state index in [1.54, 1.807) is 7.11 Å². The van der Waals surface area contributed by atoms with Crippen molar-refractivity contribution in [3.8, 4) is 0 Å². The molecule has 1 rings (SSSR count). The Hall–Kier alpha value is -0.0800. The molecule has 4 unspecified atom stereocenters. The van der Waals surface area contributed by atoms with Gasteiger partial charge in [-0.1, -0.05) is 6.92 Å². The first-order valence-corrected chi connectivity index (χ1v) is 4.90. The Kier molecular flexibility index (Phi) is 3.53. The maximum absolute atomic E-state index is 5.17. The van der Waals surface area contributed by atoms with E-state index in [1.807, 2.05) is 0 Å². The van der Waals surface area contributed by atoms with Crippen LogP contribution in [0.15, 0.2) is 0 Å². The summed E-state index contributed by atoms with van der Waals surface area (Å²) in [7, 11) is 1.78. The van der Waals surface area contributed by atoms with Crippen molar-refractivity contribution in [2.75, 3.05) is 13.7 Å². The smallest absolute Gasteiger partial charge is 0.0491 e. The molecule has 0 spiro atoms. The van der Waals surface area contributed by atoms with E-state index in [0.29, 0.717) is 18.0 Å². The van der Waals surface area contributed by atoms with Gasteiger partial charge >= 0.3 is 0 Å². The van der Waals surface area contributed by atoms with Crippen LogP contribution in [0.1, 0.15) is 27.2 Å². The second-order valence-corrected chi connectivity index (χ2v) is 4.19. The maximum atomic E-state index is 5.17. The van der Waals surface area contributed by atoms with Crippen LogP contribution in [0.3, 0.4) is 0 Å². The van der Waals surface area contributed by atoms with Crippen LogP contribution in [0.2, 0.25) is 0 Å². The van der Waals surface area contributed by atoms with Crippen molar-refractivity contribution >= 4 is 0 Å². The highest BCUT2D eigenvalue weighted by molar-refractivity contribution is 4.88. The molecule has 72 valence electrons. The molecule has 1 N–H and O–H groups in total. The highest BCUT2D eigenvalue weighted by Gasteiger charge is 2.31. The lowest BCUT2D eigenvalue weighted by molar-refractivity contribution is 0.126. The van der Waals surface area contributed by atoms with E-state index in [4.69, 9.17) is 4.74 Å². The van der Waals surface area contributed by atoms with Gasteiger partial charge in [0.05, 0.1) is 0 Å². The van der Waals surface area contributed by atoms with Crippen molar-refractivity contribution < 1.29 is 4.74 Å². The molecule has 1 aliphatic heterocycles. The van der Waals surface area contributed by atoms with Crippen molar-refractivity contribution in [2.45, 2.75) is 39.3 Å². The molecule has 1 saturated heterocycles. The van der Waals surface area contributed by atoms with Gasteiger partial charge in [0.1, 0.15) is 0 Å². The Balaban J connectivity index is 2.40. The Morgan fingerprint density at radius 2 is 2.17 bits per heavy atom. The van der Waals surface area contributed by atoms with E-state index in [1.165, 1.54) is 6.42 Å². The molecule has 0 bridgehead atoms. The second kappa shape index (κ2) is 4.24. The number of nitrogens with one attached hydrogen (secondary N) is 1. The quantitative estimate of drug-likeness (QED) is 0.697. The van der Waals surface area contributed by atoms with E-state index in [0.717, 1.165) is 12.5 Å². The standard InChI is InChI=1S/C10H21NO/c1-7(6-12-4)10-5-8(2)11-9(10)3/h7-11H,5-6H2,1-4H3. The molecule has 0 radical (unpaired) electrons. The van der Waals surface area contributed by atoms with Gasteiger partial charge in [0.15, 0.2) is 0 Å². The van der Waals surface area contributed by atoms with E-state index in [-0.39, 0.29) is 0 Å². The summed E-state index contributed by atoms with van der Waals surface area (Å²) >= 11 is 0. The molecule has 0 amide bonds. The Bertz CT molecular complexity index is 138. The zero-order valence-electron chi connectivity index (χ0n) is 8.63. The first-order valence-electron chi connectivity index (χ1n) is 4.90. The normalized spacial score (nSPS) is 38.5. The molecule has 1 fully saturated rings. The zero-order valence-corrected chi connectivity index (χ0v) is 8.63. The summed E-state index contributed by atoms with van der Waals surface area (Å²) in [4.78, 5) is 0. The third-order valence-corrected chi connectivity index (χ3v) is 2.98. The molecule has 0 aromatic carbocycles. The molecular formula is C10H21NO. The average Bonchev–Trinajstić information content (AvgIpc) is 2.30. The monoisotopic (exact) mass is 171 g/mol. The molecule has 4 atom stereocenters. The number of methoxy groups -OCH3 is 1. The van der Waals surface area contributed by atoms with Crippen molar-refractivity contribution in [1.29, 1.82) is 0 Å². The number of hydrogen-bond acceptors (Lipinski definition) is 2. The van der Waals surface area contributed by atoms with Crippen LogP contribution in [0.25, 0.3) is 0 Å². The van der Waals surface area contributed by atoms with Crippen molar-refractivity contribution in [2.24, 2.45) is 11.8 Å². The van der Waals surface area contributed by atoms with Crippen molar-refractivity contribution in [3.63, 3.8) is 0 Å². The third kappa shape index (κ3) is 2.20. The lowest BCUT2D eigenvalue weighted by Crippen LogP contribution is -2.30. The minimum atomic E-state index is 0.658. The van der Waals surface area contributed by atoms with Crippen LogP contribution in [0, 0.1) is 11.8 Å². The molecule has 2 nitrogen and oxygen atoms in total. The second-order valence-electron chi connectivity index (χ2n) is 4.19. The lowest BCUT2D eigenvalue weighted by atomic mass is 9.88. The summed E-state index contributed by atoms with van der Waals surface area (Å²) in [5, 5.41) is 3.55.